The van der Waals surface area contributed by atoms with Crippen molar-refractivity contribution in [2.75, 3.05) is 20.1 Å². The summed E-state index contributed by atoms with van der Waals surface area (Å²) >= 11 is 0. The van der Waals surface area contributed by atoms with Gasteiger partial charge >= 0.3 is 0 Å². The molecule has 8 heteroatoms. The predicted molar refractivity (Wildman–Crippen MR) is 83.4 cm³/mol. The van der Waals surface area contributed by atoms with Crippen molar-refractivity contribution in [3.63, 3.8) is 0 Å². The minimum atomic E-state index is -0.163. The highest BCUT2D eigenvalue weighted by molar-refractivity contribution is 5.98. The molecule has 2 aromatic heterocycles. The molecule has 2 amide bonds. The van der Waals surface area contributed by atoms with Gasteiger partial charge in [0, 0.05) is 32.3 Å². The minimum absolute atomic E-state index is 0.100. The lowest BCUT2D eigenvalue weighted by molar-refractivity contribution is 0.0703. The average Bonchev–Trinajstić information content (AvgIpc) is 3.28. The van der Waals surface area contributed by atoms with E-state index in [1.54, 1.807) is 27.6 Å². The first-order chi connectivity index (χ1) is 11.5. The van der Waals surface area contributed by atoms with Gasteiger partial charge in [-0.3, -0.25) is 14.3 Å². The summed E-state index contributed by atoms with van der Waals surface area (Å²) in [7, 11) is 1.75. The number of fused-ring (bicyclic) bond motifs is 1. The number of likely N-dealkylation sites (tertiary alicyclic amines) is 1. The van der Waals surface area contributed by atoms with Crippen LogP contribution in [0.1, 0.15) is 51.3 Å². The third-order valence-corrected chi connectivity index (χ3v) is 4.70. The topological polar surface area (TPSA) is 84.5 Å². The van der Waals surface area contributed by atoms with E-state index in [4.69, 9.17) is 4.52 Å². The Bertz CT molecular complexity index is 808. The van der Waals surface area contributed by atoms with Crippen LogP contribution in [0.3, 0.4) is 0 Å². The van der Waals surface area contributed by atoms with Gasteiger partial charge in [0.25, 0.3) is 11.8 Å². The standard InChI is InChI=1S/C16H19N5O3/c1-10-8-14(24-18-10)12-4-3-5-20(12)15(22)11-9-13-16(23)19(2)6-7-21(13)17-11/h8-9,12H,3-7H2,1-2H3. The van der Waals surface area contributed by atoms with Crippen LogP contribution >= 0.6 is 0 Å². The molecule has 0 aromatic carbocycles. The van der Waals surface area contributed by atoms with Gasteiger partial charge in [-0.05, 0) is 19.8 Å². The van der Waals surface area contributed by atoms with E-state index in [0.29, 0.717) is 36.8 Å². The van der Waals surface area contributed by atoms with Gasteiger partial charge in [0.1, 0.15) is 5.69 Å². The summed E-state index contributed by atoms with van der Waals surface area (Å²) < 4.78 is 6.97. The van der Waals surface area contributed by atoms with Crippen molar-refractivity contribution >= 4 is 11.8 Å². The highest BCUT2D eigenvalue weighted by Gasteiger charge is 2.35. The van der Waals surface area contributed by atoms with E-state index in [9.17, 15) is 9.59 Å². The zero-order valence-corrected chi connectivity index (χ0v) is 13.7. The predicted octanol–water partition coefficient (Wildman–Crippen LogP) is 1.24. The van der Waals surface area contributed by atoms with Gasteiger partial charge in [0.05, 0.1) is 18.3 Å². The molecule has 8 nitrogen and oxygen atoms in total. The van der Waals surface area contributed by atoms with Crippen LogP contribution in [0.2, 0.25) is 0 Å². The maximum Gasteiger partial charge on any atom is 0.274 e. The Morgan fingerprint density at radius 3 is 2.88 bits per heavy atom. The molecule has 0 aliphatic carbocycles. The fraction of sp³-hybridized carbons (Fsp3) is 0.500. The van der Waals surface area contributed by atoms with E-state index in [-0.39, 0.29) is 17.9 Å². The van der Waals surface area contributed by atoms with Gasteiger partial charge in [-0.25, -0.2) is 0 Å². The maximum atomic E-state index is 12.9. The summed E-state index contributed by atoms with van der Waals surface area (Å²) in [5.41, 5.74) is 1.59. The van der Waals surface area contributed by atoms with Crippen molar-refractivity contribution in [1.29, 1.82) is 0 Å². The molecule has 2 aromatic rings. The van der Waals surface area contributed by atoms with Crippen molar-refractivity contribution in [1.82, 2.24) is 24.7 Å². The van der Waals surface area contributed by atoms with E-state index in [1.807, 2.05) is 13.0 Å². The Kier molecular flexibility index (Phi) is 3.40. The molecule has 1 saturated heterocycles. The van der Waals surface area contributed by atoms with E-state index in [0.717, 1.165) is 18.5 Å². The number of carbonyl (C=O) groups excluding carboxylic acids is 2. The van der Waals surface area contributed by atoms with E-state index >= 15 is 0 Å². The molecule has 0 radical (unpaired) electrons. The largest absolute Gasteiger partial charge is 0.359 e. The summed E-state index contributed by atoms with van der Waals surface area (Å²) in [4.78, 5) is 28.5. The average molecular weight is 329 g/mol. The second-order valence-corrected chi connectivity index (χ2v) is 6.39. The van der Waals surface area contributed by atoms with Crippen LogP contribution < -0.4 is 0 Å². The van der Waals surface area contributed by atoms with Gasteiger partial charge in [-0.1, -0.05) is 5.16 Å². The summed E-state index contributed by atoms with van der Waals surface area (Å²) in [5.74, 6) is 0.443. The fourth-order valence-corrected chi connectivity index (χ4v) is 3.40. The lowest BCUT2D eigenvalue weighted by Crippen LogP contribution is -2.37. The molecule has 2 aliphatic heterocycles. The number of aromatic nitrogens is 3. The number of aryl methyl sites for hydroxylation is 1. The molecular weight excluding hydrogens is 310 g/mol. The van der Waals surface area contributed by atoms with Gasteiger partial charge in [-0.15, -0.1) is 0 Å². The Hall–Kier alpha value is -2.64. The number of rotatable bonds is 2. The molecule has 4 rings (SSSR count). The lowest BCUT2D eigenvalue weighted by atomic mass is 10.1. The van der Waals surface area contributed by atoms with Crippen LogP contribution in [0.4, 0.5) is 0 Å². The molecular formula is C16H19N5O3. The second kappa shape index (κ2) is 5.47. The summed E-state index contributed by atoms with van der Waals surface area (Å²) in [6.07, 6.45) is 1.75. The van der Waals surface area contributed by atoms with Gasteiger partial charge < -0.3 is 14.3 Å². The fourth-order valence-electron chi connectivity index (χ4n) is 3.40. The lowest BCUT2D eigenvalue weighted by Gasteiger charge is -2.22. The molecule has 0 N–H and O–H groups in total. The van der Waals surface area contributed by atoms with Crippen molar-refractivity contribution in [2.45, 2.75) is 32.4 Å². The van der Waals surface area contributed by atoms with Crippen molar-refractivity contribution in [2.24, 2.45) is 0 Å². The van der Waals surface area contributed by atoms with Gasteiger partial charge in [-0.2, -0.15) is 5.10 Å². The molecule has 1 atom stereocenters. The molecule has 1 unspecified atom stereocenters. The van der Waals surface area contributed by atoms with Crippen molar-refractivity contribution < 1.29 is 14.1 Å². The minimum Gasteiger partial charge on any atom is -0.359 e. The SMILES string of the molecule is Cc1cc(C2CCCN2C(=O)c2cc3n(n2)CCN(C)C3=O)on1. The Labute approximate surface area is 139 Å². The van der Waals surface area contributed by atoms with E-state index in [1.165, 1.54) is 0 Å². The molecule has 0 spiro atoms. The normalized spacial score (nSPS) is 20.6. The highest BCUT2D eigenvalue weighted by Crippen LogP contribution is 2.33. The molecule has 4 heterocycles. The van der Waals surface area contributed by atoms with Gasteiger partial charge in [0.2, 0.25) is 0 Å². The number of amides is 2. The van der Waals surface area contributed by atoms with Crippen LogP contribution in [0, 0.1) is 6.92 Å². The third kappa shape index (κ3) is 2.29. The van der Waals surface area contributed by atoms with Crippen LogP contribution in [0.5, 0.6) is 0 Å². The molecule has 0 saturated carbocycles. The monoisotopic (exact) mass is 329 g/mol. The third-order valence-electron chi connectivity index (χ3n) is 4.70. The van der Waals surface area contributed by atoms with Gasteiger partial charge in [0.15, 0.2) is 11.5 Å². The summed E-state index contributed by atoms with van der Waals surface area (Å²) in [6, 6.07) is 3.35. The Balaban J connectivity index is 1.62. The Morgan fingerprint density at radius 2 is 2.12 bits per heavy atom. The quantitative estimate of drug-likeness (QED) is 0.828. The Morgan fingerprint density at radius 1 is 1.29 bits per heavy atom. The van der Waals surface area contributed by atoms with E-state index < -0.39 is 0 Å². The highest BCUT2D eigenvalue weighted by atomic mass is 16.5. The molecule has 0 bridgehead atoms. The molecule has 2 aliphatic rings. The maximum absolute atomic E-state index is 12.9. The number of carbonyl (C=O) groups is 2. The zero-order valence-electron chi connectivity index (χ0n) is 13.7. The van der Waals surface area contributed by atoms with Crippen molar-refractivity contribution in [3.8, 4) is 0 Å². The number of likely N-dealkylation sites (N-methyl/N-ethyl adjacent to an activating group) is 1. The number of hydrogen-bond donors (Lipinski definition) is 0. The van der Waals surface area contributed by atoms with Crippen LogP contribution in [0.15, 0.2) is 16.7 Å². The summed E-state index contributed by atoms with van der Waals surface area (Å²) in [6.45, 7) is 3.72. The zero-order chi connectivity index (χ0) is 16.8. The first kappa shape index (κ1) is 14.9. The smallest absolute Gasteiger partial charge is 0.274 e. The van der Waals surface area contributed by atoms with Crippen molar-refractivity contribution in [3.05, 3.63) is 35.0 Å². The first-order valence-electron chi connectivity index (χ1n) is 8.12. The number of hydrogen-bond acceptors (Lipinski definition) is 5. The summed E-state index contributed by atoms with van der Waals surface area (Å²) in [5, 5.41) is 8.26. The second-order valence-electron chi connectivity index (χ2n) is 6.39. The van der Waals surface area contributed by atoms with Crippen LogP contribution in [0.25, 0.3) is 0 Å². The van der Waals surface area contributed by atoms with E-state index in [2.05, 4.69) is 10.3 Å². The molecule has 126 valence electrons. The van der Waals surface area contributed by atoms with Crippen LogP contribution in [-0.4, -0.2) is 56.7 Å². The van der Waals surface area contributed by atoms with Crippen LogP contribution in [-0.2, 0) is 6.54 Å². The molecule has 24 heavy (non-hydrogen) atoms. The number of nitrogens with zero attached hydrogens (tertiary/aromatic N) is 5. The molecule has 1 fully saturated rings. The first-order valence-corrected chi connectivity index (χ1v) is 8.12.